The van der Waals surface area contributed by atoms with Crippen molar-refractivity contribution in [2.24, 2.45) is 0 Å². The predicted octanol–water partition coefficient (Wildman–Crippen LogP) is 3.51. The molecule has 0 saturated carbocycles. The first-order chi connectivity index (χ1) is 10.6. The van der Waals surface area contributed by atoms with E-state index in [4.69, 9.17) is 11.6 Å². The molecule has 3 rings (SSSR count). The van der Waals surface area contributed by atoms with Gasteiger partial charge in [-0.25, -0.2) is 4.98 Å². The van der Waals surface area contributed by atoms with Gasteiger partial charge in [0.05, 0.1) is 12.2 Å². The molecule has 1 aromatic carbocycles. The quantitative estimate of drug-likeness (QED) is 0.882. The SMILES string of the molecule is C[C@H]1CCc2ccccc2N1CC(=O)Nc1cccnc1Cl. The van der Waals surface area contributed by atoms with Gasteiger partial charge >= 0.3 is 0 Å². The zero-order valence-corrected chi connectivity index (χ0v) is 13.2. The van der Waals surface area contributed by atoms with E-state index in [-0.39, 0.29) is 5.91 Å². The van der Waals surface area contributed by atoms with Crippen LogP contribution in [0.2, 0.25) is 5.15 Å². The second-order valence-corrected chi connectivity index (χ2v) is 5.89. The lowest BCUT2D eigenvalue weighted by Crippen LogP contribution is -2.42. The summed E-state index contributed by atoms with van der Waals surface area (Å²) >= 11 is 5.98. The number of fused-ring (bicyclic) bond motifs is 1. The summed E-state index contributed by atoms with van der Waals surface area (Å²) in [6.45, 7) is 2.46. The summed E-state index contributed by atoms with van der Waals surface area (Å²) in [4.78, 5) is 18.5. The average molecular weight is 316 g/mol. The van der Waals surface area contributed by atoms with Crippen molar-refractivity contribution in [3.05, 3.63) is 53.3 Å². The molecule has 22 heavy (non-hydrogen) atoms. The number of amides is 1. The van der Waals surface area contributed by atoms with Gasteiger partial charge in [-0.3, -0.25) is 4.79 Å². The van der Waals surface area contributed by atoms with E-state index in [1.54, 1.807) is 18.3 Å². The summed E-state index contributed by atoms with van der Waals surface area (Å²) in [6, 6.07) is 12.1. The maximum absolute atomic E-state index is 12.3. The van der Waals surface area contributed by atoms with Gasteiger partial charge in [0.25, 0.3) is 0 Å². The smallest absolute Gasteiger partial charge is 0.243 e. The predicted molar refractivity (Wildman–Crippen MR) is 89.4 cm³/mol. The third kappa shape index (κ3) is 3.07. The van der Waals surface area contributed by atoms with Crippen LogP contribution >= 0.6 is 11.6 Å². The minimum Gasteiger partial charge on any atom is -0.359 e. The molecule has 1 amide bonds. The van der Waals surface area contributed by atoms with Crippen molar-refractivity contribution in [3.63, 3.8) is 0 Å². The molecule has 0 unspecified atom stereocenters. The van der Waals surface area contributed by atoms with Gasteiger partial charge in [0.15, 0.2) is 5.15 Å². The van der Waals surface area contributed by atoms with Crippen LogP contribution in [0, 0.1) is 0 Å². The van der Waals surface area contributed by atoms with Crippen molar-refractivity contribution in [1.29, 1.82) is 0 Å². The van der Waals surface area contributed by atoms with Gasteiger partial charge in [-0.15, -0.1) is 0 Å². The lowest BCUT2D eigenvalue weighted by Gasteiger charge is -2.36. The van der Waals surface area contributed by atoms with Crippen molar-refractivity contribution in [2.75, 3.05) is 16.8 Å². The number of nitrogens with one attached hydrogen (secondary N) is 1. The summed E-state index contributed by atoms with van der Waals surface area (Å²) in [5.41, 5.74) is 2.99. The highest BCUT2D eigenvalue weighted by molar-refractivity contribution is 6.32. The molecule has 0 radical (unpaired) electrons. The van der Waals surface area contributed by atoms with Crippen LogP contribution in [-0.2, 0) is 11.2 Å². The van der Waals surface area contributed by atoms with E-state index in [9.17, 15) is 4.79 Å². The summed E-state index contributed by atoms with van der Waals surface area (Å²) < 4.78 is 0. The monoisotopic (exact) mass is 315 g/mol. The summed E-state index contributed by atoms with van der Waals surface area (Å²) in [5.74, 6) is -0.0848. The fourth-order valence-electron chi connectivity index (χ4n) is 2.82. The molecule has 2 heterocycles. The maximum Gasteiger partial charge on any atom is 0.243 e. The highest BCUT2D eigenvalue weighted by Crippen LogP contribution is 2.30. The van der Waals surface area contributed by atoms with Gasteiger partial charge in [0.2, 0.25) is 5.91 Å². The molecule has 1 N–H and O–H groups in total. The number of aryl methyl sites for hydroxylation is 1. The molecule has 1 aliphatic heterocycles. The van der Waals surface area contributed by atoms with Gasteiger partial charge in [-0.05, 0) is 43.5 Å². The van der Waals surface area contributed by atoms with Gasteiger partial charge in [0.1, 0.15) is 0 Å². The molecule has 0 fully saturated rings. The second-order valence-electron chi connectivity index (χ2n) is 5.53. The summed E-state index contributed by atoms with van der Waals surface area (Å²) in [7, 11) is 0. The number of hydrogen-bond acceptors (Lipinski definition) is 3. The number of nitrogens with zero attached hydrogens (tertiary/aromatic N) is 2. The Morgan fingerprint density at radius 1 is 1.36 bits per heavy atom. The normalized spacial score (nSPS) is 17.0. The molecule has 4 nitrogen and oxygen atoms in total. The molecule has 5 heteroatoms. The van der Waals surface area contributed by atoms with E-state index in [2.05, 4.69) is 34.3 Å². The van der Waals surface area contributed by atoms with Crippen molar-refractivity contribution in [3.8, 4) is 0 Å². The van der Waals surface area contributed by atoms with Gasteiger partial charge in [0, 0.05) is 17.9 Å². The summed E-state index contributed by atoms with van der Waals surface area (Å²) in [6.07, 6.45) is 3.71. The average Bonchev–Trinajstić information content (AvgIpc) is 2.52. The number of benzene rings is 1. The molecule has 2 aromatic rings. The van der Waals surface area contributed by atoms with Crippen molar-refractivity contribution in [2.45, 2.75) is 25.8 Å². The first-order valence-electron chi connectivity index (χ1n) is 7.40. The number of hydrogen-bond donors (Lipinski definition) is 1. The topological polar surface area (TPSA) is 45.2 Å². The van der Waals surface area contributed by atoms with Crippen molar-refractivity contribution < 1.29 is 4.79 Å². The zero-order chi connectivity index (χ0) is 15.5. The number of para-hydroxylation sites is 1. The Balaban J connectivity index is 1.75. The van der Waals surface area contributed by atoms with E-state index in [0.29, 0.717) is 23.4 Å². The first-order valence-corrected chi connectivity index (χ1v) is 7.78. The largest absolute Gasteiger partial charge is 0.359 e. The first kappa shape index (κ1) is 14.9. The fourth-order valence-corrected chi connectivity index (χ4v) is 2.99. The number of pyridine rings is 1. The Bertz CT molecular complexity index is 689. The lowest BCUT2D eigenvalue weighted by atomic mass is 9.96. The van der Waals surface area contributed by atoms with Crippen LogP contribution in [0.25, 0.3) is 0 Å². The maximum atomic E-state index is 12.3. The number of aromatic nitrogens is 1. The fraction of sp³-hybridized carbons (Fsp3) is 0.294. The molecule has 0 spiro atoms. The van der Waals surface area contributed by atoms with Crippen molar-refractivity contribution >= 4 is 28.9 Å². The number of rotatable bonds is 3. The molecular weight excluding hydrogens is 298 g/mol. The number of halogens is 1. The van der Waals surface area contributed by atoms with Crippen LogP contribution in [-0.4, -0.2) is 23.5 Å². The van der Waals surface area contributed by atoms with Crippen molar-refractivity contribution in [1.82, 2.24) is 4.98 Å². The summed E-state index contributed by atoms with van der Waals surface area (Å²) in [5, 5.41) is 3.14. The molecule has 0 bridgehead atoms. The van der Waals surface area contributed by atoms with Crippen LogP contribution in [0.15, 0.2) is 42.6 Å². The van der Waals surface area contributed by atoms with Crippen LogP contribution in [0.3, 0.4) is 0 Å². The molecule has 0 saturated heterocycles. The standard InChI is InChI=1S/C17H18ClN3O/c1-12-8-9-13-5-2-3-7-15(13)21(12)11-16(22)20-14-6-4-10-19-17(14)18/h2-7,10,12H,8-9,11H2,1H3,(H,20,22)/t12-/m0/s1. The molecule has 1 aromatic heterocycles. The van der Waals surface area contributed by atoms with Gasteiger partial charge < -0.3 is 10.2 Å². The lowest BCUT2D eigenvalue weighted by molar-refractivity contribution is -0.115. The number of anilines is 2. The van der Waals surface area contributed by atoms with Gasteiger partial charge in [-0.2, -0.15) is 0 Å². The van der Waals surface area contributed by atoms with Crippen LogP contribution in [0.5, 0.6) is 0 Å². The van der Waals surface area contributed by atoms with Crippen LogP contribution in [0.4, 0.5) is 11.4 Å². The molecule has 1 aliphatic rings. The Morgan fingerprint density at radius 2 is 2.18 bits per heavy atom. The van der Waals surface area contributed by atoms with E-state index in [1.807, 2.05) is 12.1 Å². The molecule has 1 atom stereocenters. The zero-order valence-electron chi connectivity index (χ0n) is 12.4. The highest BCUT2D eigenvalue weighted by Gasteiger charge is 2.24. The second kappa shape index (κ2) is 6.36. The Kier molecular flexibility index (Phi) is 4.29. The van der Waals surface area contributed by atoms with E-state index in [1.165, 1.54) is 5.56 Å². The van der Waals surface area contributed by atoms with E-state index in [0.717, 1.165) is 18.5 Å². The third-order valence-electron chi connectivity index (χ3n) is 4.01. The highest BCUT2D eigenvalue weighted by atomic mass is 35.5. The van der Waals surface area contributed by atoms with Gasteiger partial charge in [-0.1, -0.05) is 29.8 Å². The minimum atomic E-state index is -0.0848. The molecule has 114 valence electrons. The Hall–Kier alpha value is -2.07. The molecule has 0 aliphatic carbocycles. The Labute approximate surface area is 135 Å². The van der Waals surface area contributed by atoms with E-state index < -0.39 is 0 Å². The van der Waals surface area contributed by atoms with Crippen LogP contribution in [0.1, 0.15) is 18.9 Å². The number of carbonyl (C=O) groups is 1. The van der Waals surface area contributed by atoms with E-state index >= 15 is 0 Å². The van der Waals surface area contributed by atoms with Crippen LogP contribution < -0.4 is 10.2 Å². The minimum absolute atomic E-state index is 0.0848. The Morgan fingerprint density at radius 3 is 3.00 bits per heavy atom. The third-order valence-corrected chi connectivity index (χ3v) is 4.31. The molecular formula is C17H18ClN3O. The number of carbonyl (C=O) groups excluding carboxylic acids is 1.